The van der Waals surface area contributed by atoms with Crippen molar-refractivity contribution in [2.75, 3.05) is 16.3 Å². The molecule has 0 spiro atoms. The standard InChI is InChI=1S/C24H23N3O2/c1-3-26(21-10-5-4-6-11-21)23(28)19-14-20(16-25-15-19)24(29)27-17(2)13-18-9-7-8-12-22(18)27/h4-12,14-17H,3,13H2,1-2H3. The number of amides is 2. The Morgan fingerprint density at radius 1 is 1.03 bits per heavy atom. The van der Waals surface area contributed by atoms with Crippen LogP contribution < -0.4 is 9.80 Å². The summed E-state index contributed by atoms with van der Waals surface area (Å²) >= 11 is 0. The summed E-state index contributed by atoms with van der Waals surface area (Å²) in [5.41, 5.74) is 3.74. The van der Waals surface area contributed by atoms with E-state index in [4.69, 9.17) is 0 Å². The number of carbonyl (C=O) groups excluding carboxylic acids is 2. The number of aromatic nitrogens is 1. The van der Waals surface area contributed by atoms with Crippen LogP contribution in [0, 0.1) is 0 Å². The topological polar surface area (TPSA) is 53.5 Å². The molecule has 2 amide bonds. The van der Waals surface area contributed by atoms with Gasteiger partial charge in [-0.2, -0.15) is 0 Å². The average molecular weight is 385 g/mol. The van der Waals surface area contributed by atoms with Gasteiger partial charge < -0.3 is 9.80 Å². The zero-order valence-electron chi connectivity index (χ0n) is 16.6. The monoisotopic (exact) mass is 385 g/mol. The first-order valence-electron chi connectivity index (χ1n) is 9.83. The molecule has 1 aromatic heterocycles. The van der Waals surface area contributed by atoms with Crippen LogP contribution in [0.15, 0.2) is 73.1 Å². The van der Waals surface area contributed by atoms with E-state index in [1.165, 1.54) is 12.4 Å². The molecule has 1 unspecified atom stereocenters. The molecule has 0 radical (unpaired) electrons. The minimum atomic E-state index is -0.171. The van der Waals surface area contributed by atoms with Crippen LogP contribution in [-0.2, 0) is 6.42 Å². The maximum absolute atomic E-state index is 13.3. The third kappa shape index (κ3) is 3.51. The molecule has 0 aliphatic carbocycles. The van der Waals surface area contributed by atoms with Crippen molar-refractivity contribution in [2.24, 2.45) is 0 Å². The second-order valence-corrected chi connectivity index (χ2v) is 7.20. The van der Waals surface area contributed by atoms with Crippen LogP contribution in [0.4, 0.5) is 11.4 Å². The molecule has 0 bridgehead atoms. The second-order valence-electron chi connectivity index (χ2n) is 7.20. The lowest BCUT2D eigenvalue weighted by atomic mass is 10.1. The molecule has 2 aromatic carbocycles. The summed E-state index contributed by atoms with van der Waals surface area (Å²) < 4.78 is 0. The number of hydrogen-bond acceptors (Lipinski definition) is 3. The van der Waals surface area contributed by atoms with Gasteiger partial charge in [0.25, 0.3) is 11.8 Å². The van der Waals surface area contributed by atoms with E-state index < -0.39 is 0 Å². The lowest BCUT2D eigenvalue weighted by Crippen LogP contribution is -2.36. The largest absolute Gasteiger partial charge is 0.309 e. The van der Waals surface area contributed by atoms with Crippen molar-refractivity contribution in [2.45, 2.75) is 26.3 Å². The second kappa shape index (κ2) is 7.87. The van der Waals surface area contributed by atoms with Crippen molar-refractivity contribution in [3.8, 4) is 0 Å². The van der Waals surface area contributed by atoms with Crippen LogP contribution in [0.1, 0.15) is 40.1 Å². The van der Waals surface area contributed by atoms with E-state index in [1.807, 2.05) is 62.4 Å². The van der Waals surface area contributed by atoms with E-state index in [1.54, 1.807) is 15.9 Å². The van der Waals surface area contributed by atoms with Crippen LogP contribution in [0.2, 0.25) is 0 Å². The number of nitrogens with zero attached hydrogens (tertiary/aromatic N) is 3. The van der Waals surface area contributed by atoms with E-state index in [9.17, 15) is 9.59 Å². The molecule has 5 heteroatoms. The Morgan fingerprint density at radius 2 is 1.72 bits per heavy atom. The van der Waals surface area contributed by atoms with E-state index in [-0.39, 0.29) is 17.9 Å². The first kappa shape index (κ1) is 18.9. The van der Waals surface area contributed by atoms with Gasteiger partial charge in [0, 0.05) is 36.4 Å². The van der Waals surface area contributed by atoms with Crippen molar-refractivity contribution in [1.82, 2.24) is 4.98 Å². The summed E-state index contributed by atoms with van der Waals surface area (Å²) in [4.78, 5) is 34.0. The van der Waals surface area contributed by atoms with Crippen molar-refractivity contribution < 1.29 is 9.59 Å². The number of pyridine rings is 1. The maximum atomic E-state index is 13.3. The average Bonchev–Trinajstić information content (AvgIpc) is 3.10. The predicted octanol–water partition coefficient (Wildman–Crippen LogP) is 4.34. The maximum Gasteiger partial charge on any atom is 0.260 e. The Hall–Kier alpha value is -3.47. The van der Waals surface area contributed by atoms with Gasteiger partial charge in [0.05, 0.1) is 11.1 Å². The summed E-state index contributed by atoms with van der Waals surface area (Å²) in [6.07, 6.45) is 3.88. The van der Waals surface area contributed by atoms with E-state index in [0.717, 1.165) is 23.4 Å². The Labute approximate surface area is 170 Å². The number of benzene rings is 2. The Kier molecular flexibility index (Phi) is 5.12. The van der Waals surface area contributed by atoms with Crippen LogP contribution in [-0.4, -0.2) is 29.4 Å². The molecule has 2 heterocycles. The quantitative estimate of drug-likeness (QED) is 0.671. The van der Waals surface area contributed by atoms with Crippen LogP contribution >= 0.6 is 0 Å². The first-order chi connectivity index (χ1) is 14.1. The minimum absolute atomic E-state index is 0.0655. The van der Waals surface area contributed by atoms with E-state index in [0.29, 0.717) is 17.7 Å². The van der Waals surface area contributed by atoms with Gasteiger partial charge in [-0.25, -0.2) is 0 Å². The summed E-state index contributed by atoms with van der Waals surface area (Å²) in [5, 5.41) is 0. The number of para-hydroxylation sites is 2. The van der Waals surface area contributed by atoms with Gasteiger partial charge in [-0.1, -0.05) is 36.4 Å². The number of fused-ring (bicyclic) bond motifs is 1. The lowest BCUT2D eigenvalue weighted by molar-refractivity contribution is 0.0981. The van der Waals surface area contributed by atoms with Crippen molar-refractivity contribution in [3.63, 3.8) is 0 Å². The van der Waals surface area contributed by atoms with Gasteiger partial charge in [-0.15, -0.1) is 0 Å². The molecule has 4 rings (SSSR count). The van der Waals surface area contributed by atoms with Crippen LogP contribution in [0.25, 0.3) is 0 Å². The first-order valence-corrected chi connectivity index (χ1v) is 9.83. The number of rotatable bonds is 4. The molecule has 29 heavy (non-hydrogen) atoms. The van der Waals surface area contributed by atoms with Crippen molar-refractivity contribution in [3.05, 3.63) is 89.7 Å². The summed E-state index contributed by atoms with van der Waals surface area (Å²) in [5.74, 6) is -0.303. The molecule has 1 aliphatic heterocycles. The normalized spacial score (nSPS) is 15.1. The zero-order valence-corrected chi connectivity index (χ0v) is 16.6. The fraction of sp³-hybridized carbons (Fsp3) is 0.208. The Bertz CT molecular complexity index is 1050. The summed E-state index contributed by atoms with van der Waals surface area (Å²) in [6.45, 7) is 4.49. The van der Waals surface area contributed by atoms with E-state index in [2.05, 4.69) is 11.1 Å². The molecule has 5 nitrogen and oxygen atoms in total. The van der Waals surface area contributed by atoms with Crippen LogP contribution in [0.5, 0.6) is 0 Å². The van der Waals surface area contributed by atoms with Gasteiger partial charge in [0.15, 0.2) is 0 Å². The van der Waals surface area contributed by atoms with Gasteiger partial charge in [-0.3, -0.25) is 14.6 Å². The molecule has 0 fully saturated rings. The number of carbonyl (C=O) groups is 2. The highest BCUT2D eigenvalue weighted by molar-refractivity contribution is 6.10. The summed E-state index contributed by atoms with van der Waals surface area (Å²) in [7, 11) is 0. The number of hydrogen-bond donors (Lipinski definition) is 0. The molecule has 3 aromatic rings. The third-order valence-electron chi connectivity index (χ3n) is 5.29. The minimum Gasteiger partial charge on any atom is -0.309 e. The van der Waals surface area contributed by atoms with Gasteiger partial charge in [-0.05, 0) is 50.1 Å². The summed E-state index contributed by atoms with van der Waals surface area (Å²) in [6, 6.07) is 19.2. The molecule has 0 N–H and O–H groups in total. The zero-order chi connectivity index (χ0) is 20.4. The van der Waals surface area contributed by atoms with Gasteiger partial charge >= 0.3 is 0 Å². The van der Waals surface area contributed by atoms with Crippen LogP contribution in [0.3, 0.4) is 0 Å². The Morgan fingerprint density at radius 3 is 2.48 bits per heavy atom. The molecule has 1 atom stereocenters. The molecular formula is C24H23N3O2. The fourth-order valence-corrected chi connectivity index (χ4v) is 3.90. The van der Waals surface area contributed by atoms with Gasteiger partial charge in [0.2, 0.25) is 0 Å². The number of anilines is 2. The molecular weight excluding hydrogens is 362 g/mol. The van der Waals surface area contributed by atoms with Gasteiger partial charge in [0.1, 0.15) is 0 Å². The smallest absolute Gasteiger partial charge is 0.260 e. The highest BCUT2D eigenvalue weighted by atomic mass is 16.2. The fourth-order valence-electron chi connectivity index (χ4n) is 3.90. The third-order valence-corrected chi connectivity index (χ3v) is 5.29. The predicted molar refractivity (Wildman–Crippen MR) is 114 cm³/mol. The lowest BCUT2D eigenvalue weighted by Gasteiger charge is -2.23. The highest BCUT2D eigenvalue weighted by Gasteiger charge is 2.31. The molecule has 1 aliphatic rings. The van der Waals surface area contributed by atoms with Crippen molar-refractivity contribution in [1.29, 1.82) is 0 Å². The molecule has 0 saturated heterocycles. The molecule has 0 saturated carbocycles. The van der Waals surface area contributed by atoms with Crippen molar-refractivity contribution >= 4 is 23.2 Å². The SMILES string of the molecule is CCN(C(=O)c1cncc(C(=O)N2c3ccccc3CC2C)c1)c1ccccc1. The highest BCUT2D eigenvalue weighted by Crippen LogP contribution is 2.33. The molecule has 146 valence electrons. The van der Waals surface area contributed by atoms with E-state index >= 15 is 0 Å². The Balaban J connectivity index is 1.64.